The summed E-state index contributed by atoms with van der Waals surface area (Å²) in [5.41, 5.74) is -0.569. The van der Waals surface area contributed by atoms with Gasteiger partial charge in [0.25, 0.3) is 0 Å². The molecule has 1 rings (SSSR count). The van der Waals surface area contributed by atoms with E-state index >= 15 is 0 Å². The molecule has 1 aromatic rings. The Hall–Kier alpha value is -1.85. The lowest BCUT2D eigenvalue weighted by atomic mass is 10.1. The van der Waals surface area contributed by atoms with Gasteiger partial charge in [0, 0.05) is 11.6 Å². The maximum absolute atomic E-state index is 13.7. The minimum Gasteiger partial charge on any atom is -0.494 e. The number of carbonyl (C=O) groups is 1. The average molecular weight is 246 g/mol. The molecule has 0 radical (unpaired) electrons. The number of hydrogen-bond donors (Lipinski definition) is 1. The fourth-order valence-electron chi connectivity index (χ4n) is 1.36. The number of aliphatic carboxylic acids is 1. The second-order valence-electron chi connectivity index (χ2n) is 3.19. The molecule has 0 unspecified atom stereocenters. The van der Waals surface area contributed by atoms with E-state index in [1.807, 2.05) is 0 Å². The van der Waals surface area contributed by atoms with Crippen LogP contribution < -0.4 is 9.47 Å². The molecule has 0 aliphatic carbocycles. The third kappa shape index (κ3) is 2.83. The fourth-order valence-corrected chi connectivity index (χ4v) is 1.36. The van der Waals surface area contributed by atoms with E-state index in [2.05, 4.69) is 0 Å². The van der Waals surface area contributed by atoms with Gasteiger partial charge in [0.1, 0.15) is 0 Å². The first-order valence-electron chi connectivity index (χ1n) is 4.90. The number of benzene rings is 1. The zero-order valence-corrected chi connectivity index (χ0v) is 9.42. The molecular formula is C11H12F2O4. The molecule has 0 amide bonds. The Morgan fingerprint density at radius 2 is 1.94 bits per heavy atom. The van der Waals surface area contributed by atoms with Crippen molar-refractivity contribution >= 4 is 5.97 Å². The number of methoxy groups -OCH3 is 1. The Labute approximate surface area is 96.8 Å². The summed E-state index contributed by atoms with van der Waals surface area (Å²) in [6.45, 7) is 1.81. The van der Waals surface area contributed by atoms with E-state index in [0.29, 0.717) is 0 Å². The van der Waals surface area contributed by atoms with Crippen molar-refractivity contribution in [3.63, 3.8) is 0 Å². The molecule has 0 aliphatic heterocycles. The van der Waals surface area contributed by atoms with Crippen LogP contribution in [0.2, 0.25) is 0 Å². The average Bonchev–Trinajstić information content (AvgIpc) is 2.28. The molecule has 0 bridgehead atoms. The highest BCUT2D eigenvalue weighted by Gasteiger charge is 2.21. The lowest BCUT2D eigenvalue weighted by Gasteiger charge is -2.12. The molecule has 0 fully saturated rings. The number of halogens is 2. The molecule has 6 heteroatoms. The molecule has 1 aromatic carbocycles. The maximum Gasteiger partial charge on any atom is 0.308 e. The van der Waals surface area contributed by atoms with Crippen LogP contribution in [0, 0.1) is 11.6 Å². The van der Waals surface area contributed by atoms with Crippen molar-refractivity contribution in [2.24, 2.45) is 0 Å². The largest absolute Gasteiger partial charge is 0.494 e. The van der Waals surface area contributed by atoms with Crippen LogP contribution in [0.5, 0.6) is 11.5 Å². The summed E-state index contributed by atoms with van der Waals surface area (Å²) in [5.74, 6) is -3.82. The van der Waals surface area contributed by atoms with Gasteiger partial charge in [-0.2, -0.15) is 0 Å². The van der Waals surface area contributed by atoms with E-state index in [9.17, 15) is 13.6 Å². The third-order valence-electron chi connectivity index (χ3n) is 2.07. The summed E-state index contributed by atoms with van der Waals surface area (Å²) < 4.78 is 37.0. The van der Waals surface area contributed by atoms with Crippen LogP contribution in [-0.2, 0) is 11.2 Å². The smallest absolute Gasteiger partial charge is 0.308 e. The molecule has 0 saturated carbocycles. The third-order valence-corrected chi connectivity index (χ3v) is 2.07. The first-order valence-corrected chi connectivity index (χ1v) is 4.90. The minimum atomic E-state index is -1.33. The minimum absolute atomic E-state index is 0.179. The Balaban J connectivity index is 3.32. The quantitative estimate of drug-likeness (QED) is 0.863. The number of carboxylic acids is 1. The van der Waals surface area contributed by atoms with Crippen molar-refractivity contribution in [2.75, 3.05) is 13.7 Å². The van der Waals surface area contributed by atoms with Crippen LogP contribution in [-0.4, -0.2) is 24.8 Å². The van der Waals surface area contributed by atoms with E-state index < -0.39 is 29.6 Å². The standard InChI is InChI=1S/C11H12F2O4/c1-3-17-8-5-7(16-2)10(12)6(11(8)13)4-9(14)15/h5H,3-4H2,1-2H3,(H,14,15). The van der Waals surface area contributed by atoms with Crippen LogP contribution in [0.4, 0.5) is 8.78 Å². The summed E-state index contributed by atoms with van der Waals surface area (Å²) >= 11 is 0. The van der Waals surface area contributed by atoms with E-state index in [-0.39, 0.29) is 18.1 Å². The molecular weight excluding hydrogens is 234 g/mol. The maximum atomic E-state index is 13.7. The molecule has 0 heterocycles. The predicted octanol–water partition coefficient (Wildman–Crippen LogP) is 2.00. The van der Waals surface area contributed by atoms with E-state index in [1.54, 1.807) is 6.92 Å². The van der Waals surface area contributed by atoms with Crippen LogP contribution in [0.15, 0.2) is 6.07 Å². The molecule has 94 valence electrons. The van der Waals surface area contributed by atoms with Gasteiger partial charge >= 0.3 is 5.97 Å². The molecule has 0 atom stereocenters. The van der Waals surface area contributed by atoms with E-state index in [1.165, 1.54) is 7.11 Å². The molecule has 0 saturated heterocycles. The number of carboxylic acid groups (broad SMARTS) is 1. The van der Waals surface area contributed by atoms with Gasteiger partial charge in [0.15, 0.2) is 23.1 Å². The number of hydrogen-bond acceptors (Lipinski definition) is 3. The van der Waals surface area contributed by atoms with Crippen LogP contribution in [0.1, 0.15) is 12.5 Å². The Morgan fingerprint density at radius 1 is 1.35 bits per heavy atom. The first kappa shape index (κ1) is 13.2. The highest BCUT2D eigenvalue weighted by Crippen LogP contribution is 2.31. The molecule has 1 N–H and O–H groups in total. The van der Waals surface area contributed by atoms with Crippen molar-refractivity contribution < 1.29 is 28.2 Å². The lowest BCUT2D eigenvalue weighted by Crippen LogP contribution is -2.08. The highest BCUT2D eigenvalue weighted by atomic mass is 19.1. The normalized spacial score (nSPS) is 10.1. The van der Waals surface area contributed by atoms with Crippen molar-refractivity contribution in [1.29, 1.82) is 0 Å². The van der Waals surface area contributed by atoms with Gasteiger partial charge in [-0.05, 0) is 6.92 Å². The van der Waals surface area contributed by atoms with Gasteiger partial charge in [-0.3, -0.25) is 4.79 Å². The number of rotatable bonds is 5. The molecule has 0 spiro atoms. The van der Waals surface area contributed by atoms with Crippen molar-refractivity contribution in [3.8, 4) is 11.5 Å². The predicted molar refractivity (Wildman–Crippen MR) is 55.4 cm³/mol. The Kier molecular flexibility index (Phi) is 4.25. The number of ether oxygens (including phenoxy) is 2. The van der Waals surface area contributed by atoms with Crippen LogP contribution in [0.3, 0.4) is 0 Å². The van der Waals surface area contributed by atoms with Crippen LogP contribution >= 0.6 is 0 Å². The summed E-state index contributed by atoms with van der Waals surface area (Å²) in [5, 5.41) is 8.59. The molecule has 4 nitrogen and oxygen atoms in total. The van der Waals surface area contributed by atoms with Crippen LogP contribution in [0.25, 0.3) is 0 Å². The zero-order valence-electron chi connectivity index (χ0n) is 9.42. The highest BCUT2D eigenvalue weighted by molar-refractivity contribution is 5.71. The van der Waals surface area contributed by atoms with Crippen molar-refractivity contribution in [1.82, 2.24) is 0 Å². The van der Waals surface area contributed by atoms with E-state index in [0.717, 1.165) is 6.07 Å². The molecule has 17 heavy (non-hydrogen) atoms. The Bertz CT molecular complexity index is 432. The van der Waals surface area contributed by atoms with E-state index in [4.69, 9.17) is 14.6 Å². The van der Waals surface area contributed by atoms with Crippen molar-refractivity contribution in [2.45, 2.75) is 13.3 Å². The van der Waals surface area contributed by atoms with Gasteiger partial charge in [0.2, 0.25) is 0 Å². The van der Waals surface area contributed by atoms with Gasteiger partial charge in [0.05, 0.1) is 20.1 Å². The van der Waals surface area contributed by atoms with Gasteiger partial charge in [-0.25, -0.2) is 8.78 Å². The fraction of sp³-hybridized carbons (Fsp3) is 0.364. The molecule has 0 aromatic heterocycles. The summed E-state index contributed by atoms with van der Waals surface area (Å²) in [6, 6.07) is 1.06. The topological polar surface area (TPSA) is 55.8 Å². The second kappa shape index (κ2) is 5.47. The SMILES string of the molecule is CCOc1cc(OC)c(F)c(CC(=O)O)c1F. The zero-order chi connectivity index (χ0) is 13.0. The van der Waals surface area contributed by atoms with Gasteiger partial charge in [-0.15, -0.1) is 0 Å². The second-order valence-corrected chi connectivity index (χ2v) is 3.19. The van der Waals surface area contributed by atoms with Crippen molar-refractivity contribution in [3.05, 3.63) is 23.3 Å². The molecule has 0 aliphatic rings. The first-order chi connectivity index (χ1) is 8.01. The van der Waals surface area contributed by atoms with Gasteiger partial charge in [-0.1, -0.05) is 0 Å². The lowest BCUT2D eigenvalue weighted by molar-refractivity contribution is -0.136. The van der Waals surface area contributed by atoms with Gasteiger partial charge < -0.3 is 14.6 Å². The summed E-state index contributed by atoms with van der Waals surface area (Å²) in [7, 11) is 1.20. The monoisotopic (exact) mass is 246 g/mol. The summed E-state index contributed by atoms with van der Waals surface area (Å²) in [6.07, 6.45) is -0.769. The summed E-state index contributed by atoms with van der Waals surface area (Å²) in [4.78, 5) is 10.5. The Morgan fingerprint density at radius 3 is 2.41 bits per heavy atom.